The average molecular weight is 345 g/mol. The Hall–Kier alpha value is -0.120. The average Bonchev–Trinajstić information content (AvgIpc) is 2.44. The van der Waals surface area contributed by atoms with Crippen LogP contribution in [0, 0.1) is 0 Å². The minimum absolute atomic E-state index is 0.0775. The van der Waals surface area contributed by atoms with Gasteiger partial charge in [-0.3, -0.25) is 4.79 Å². The molecule has 0 aromatic heterocycles. The van der Waals surface area contributed by atoms with E-state index in [0.29, 0.717) is 5.69 Å². The largest absolute Gasteiger partial charge is 0.355 e. The molecule has 1 aromatic rings. The predicted octanol–water partition coefficient (Wildman–Crippen LogP) is 4.48. The molecule has 0 saturated heterocycles. The van der Waals surface area contributed by atoms with Crippen LogP contribution in [0.15, 0.2) is 41.1 Å². The molecule has 0 radical (unpaired) electrons. The molecule has 18 heavy (non-hydrogen) atoms. The van der Waals surface area contributed by atoms with Crippen molar-refractivity contribution in [1.82, 2.24) is 0 Å². The summed E-state index contributed by atoms with van der Waals surface area (Å²) in [5.41, 5.74) is 0.740. The Balaban J connectivity index is 2.41. The van der Waals surface area contributed by atoms with Crippen molar-refractivity contribution in [2.24, 2.45) is 0 Å². The van der Waals surface area contributed by atoms with Gasteiger partial charge in [-0.05, 0) is 12.1 Å². The molecule has 0 bridgehead atoms. The lowest BCUT2D eigenvalue weighted by Gasteiger charge is -2.26. The van der Waals surface area contributed by atoms with Gasteiger partial charge in [0, 0.05) is 5.69 Å². The summed E-state index contributed by atoms with van der Waals surface area (Å²) in [5, 5.41) is 2.66. The molecule has 96 valence electrons. The number of Topliss-reactive ketones (excluding diaryl/α,β-unsaturated/α-hetero) is 1. The molecule has 0 heterocycles. The number of carbonyl (C=O) groups is 1. The van der Waals surface area contributed by atoms with Crippen molar-refractivity contribution in [3.05, 3.63) is 41.1 Å². The number of alkyl halides is 4. The summed E-state index contributed by atoms with van der Waals surface area (Å²) in [6.45, 7) is 0. The molecule has 2 nitrogen and oxygen atoms in total. The van der Waals surface area contributed by atoms with E-state index in [1.807, 2.05) is 6.07 Å². The minimum atomic E-state index is -2.01. The molecule has 7 heteroatoms. The first-order chi connectivity index (χ1) is 8.28. The number of allylic oxidation sites excluding steroid dienone is 2. The summed E-state index contributed by atoms with van der Waals surface area (Å²) in [7, 11) is 0. The van der Waals surface area contributed by atoms with E-state index in [0.717, 1.165) is 0 Å². The molecule has 0 atom stereocenters. The van der Waals surface area contributed by atoms with Crippen LogP contribution in [-0.2, 0) is 4.79 Å². The van der Waals surface area contributed by atoms with Crippen molar-refractivity contribution >= 4 is 69.5 Å². The molecule has 1 aliphatic carbocycles. The van der Waals surface area contributed by atoms with Crippen LogP contribution in [0.25, 0.3) is 0 Å². The maximum Gasteiger partial charge on any atom is 0.219 e. The van der Waals surface area contributed by atoms with Gasteiger partial charge in [-0.15, -0.1) is 0 Å². The molecule has 0 saturated carbocycles. The second-order valence-electron chi connectivity index (χ2n) is 3.66. The van der Waals surface area contributed by atoms with Crippen LogP contribution < -0.4 is 5.32 Å². The maximum absolute atomic E-state index is 11.8. The lowest BCUT2D eigenvalue weighted by molar-refractivity contribution is -0.115. The molecule has 0 aliphatic heterocycles. The van der Waals surface area contributed by atoms with Gasteiger partial charge in [0.15, 0.2) is 4.33 Å². The summed E-state index contributed by atoms with van der Waals surface area (Å²) in [6, 6.07) is 8.95. The van der Waals surface area contributed by atoms with Crippen LogP contribution >= 0.6 is 58.0 Å². The van der Waals surface area contributed by atoms with Gasteiger partial charge >= 0.3 is 0 Å². The standard InChI is InChI=1S/C11H6Cl5NO/c12-7-8(17-6-4-2-1-3-5-6)10(13,14)11(15,16)9(7)18/h1-5,17H. The summed E-state index contributed by atoms with van der Waals surface area (Å²) in [4.78, 5) is 11.8. The van der Waals surface area contributed by atoms with Gasteiger partial charge in [0.25, 0.3) is 0 Å². The Bertz CT molecular complexity index is 523. The highest BCUT2D eigenvalue weighted by Gasteiger charge is 2.62. The van der Waals surface area contributed by atoms with Crippen molar-refractivity contribution in [3.8, 4) is 0 Å². The number of ketones is 1. The molecular weight excluding hydrogens is 339 g/mol. The Labute approximate surface area is 129 Å². The number of hydrogen-bond donors (Lipinski definition) is 1. The van der Waals surface area contributed by atoms with Gasteiger partial charge < -0.3 is 5.32 Å². The molecule has 2 rings (SSSR count). The fourth-order valence-electron chi connectivity index (χ4n) is 1.49. The van der Waals surface area contributed by atoms with E-state index >= 15 is 0 Å². The lowest BCUT2D eigenvalue weighted by atomic mass is 10.2. The van der Waals surface area contributed by atoms with Gasteiger partial charge in [0.1, 0.15) is 5.03 Å². The van der Waals surface area contributed by atoms with Gasteiger partial charge in [-0.25, -0.2) is 0 Å². The van der Waals surface area contributed by atoms with E-state index in [4.69, 9.17) is 58.0 Å². The zero-order valence-corrected chi connectivity index (χ0v) is 12.5. The molecule has 0 unspecified atom stereocenters. The Morgan fingerprint density at radius 3 is 1.94 bits per heavy atom. The summed E-state index contributed by atoms with van der Waals surface area (Å²) in [6.07, 6.45) is 0. The van der Waals surface area contributed by atoms with E-state index in [-0.39, 0.29) is 10.7 Å². The molecular formula is C11H6Cl5NO. The van der Waals surface area contributed by atoms with Gasteiger partial charge in [-0.1, -0.05) is 76.2 Å². The Morgan fingerprint density at radius 2 is 1.50 bits per heavy atom. The third-order valence-electron chi connectivity index (χ3n) is 2.46. The third-order valence-corrected chi connectivity index (χ3v) is 5.06. The van der Waals surface area contributed by atoms with Crippen molar-refractivity contribution in [3.63, 3.8) is 0 Å². The first-order valence-electron chi connectivity index (χ1n) is 4.81. The number of anilines is 1. The van der Waals surface area contributed by atoms with Crippen molar-refractivity contribution in [2.45, 2.75) is 8.67 Å². The number of halogens is 5. The lowest BCUT2D eigenvalue weighted by Crippen LogP contribution is -2.39. The van der Waals surface area contributed by atoms with Crippen LogP contribution in [0.1, 0.15) is 0 Å². The molecule has 0 fully saturated rings. The number of rotatable bonds is 2. The number of para-hydroxylation sites is 1. The highest BCUT2D eigenvalue weighted by molar-refractivity contribution is 6.75. The second kappa shape index (κ2) is 4.77. The fraction of sp³-hybridized carbons (Fsp3) is 0.182. The van der Waals surface area contributed by atoms with E-state index in [9.17, 15) is 4.79 Å². The smallest absolute Gasteiger partial charge is 0.219 e. The quantitative estimate of drug-likeness (QED) is 0.801. The fourth-order valence-corrected chi connectivity index (χ4v) is 2.85. The highest BCUT2D eigenvalue weighted by atomic mass is 35.5. The van der Waals surface area contributed by atoms with Gasteiger partial charge in [-0.2, -0.15) is 0 Å². The zero-order chi connectivity index (χ0) is 13.6. The molecule has 1 N–H and O–H groups in total. The summed E-state index contributed by atoms with van der Waals surface area (Å²) in [5.74, 6) is -0.726. The number of benzene rings is 1. The molecule has 1 aliphatic rings. The van der Waals surface area contributed by atoms with E-state index in [1.165, 1.54) is 0 Å². The van der Waals surface area contributed by atoms with E-state index in [2.05, 4.69) is 5.32 Å². The van der Waals surface area contributed by atoms with Crippen molar-refractivity contribution < 1.29 is 4.79 Å². The monoisotopic (exact) mass is 343 g/mol. The topological polar surface area (TPSA) is 29.1 Å². The maximum atomic E-state index is 11.8. The Morgan fingerprint density at radius 1 is 0.944 bits per heavy atom. The van der Waals surface area contributed by atoms with E-state index in [1.54, 1.807) is 24.3 Å². The summed E-state index contributed by atoms with van der Waals surface area (Å²) < 4.78 is -3.84. The first kappa shape index (κ1) is 14.3. The molecule has 0 spiro atoms. The number of carbonyl (C=O) groups excluding carboxylic acids is 1. The van der Waals surface area contributed by atoms with Crippen LogP contribution in [0.3, 0.4) is 0 Å². The molecule has 0 amide bonds. The van der Waals surface area contributed by atoms with Crippen LogP contribution in [0.2, 0.25) is 0 Å². The normalized spacial score (nSPS) is 21.3. The van der Waals surface area contributed by atoms with Crippen molar-refractivity contribution in [1.29, 1.82) is 0 Å². The van der Waals surface area contributed by atoms with Gasteiger partial charge in [0.2, 0.25) is 10.1 Å². The Kier molecular flexibility index (Phi) is 3.79. The predicted molar refractivity (Wildman–Crippen MR) is 76.8 cm³/mol. The SMILES string of the molecule is O=C1C(Cl)=C(Nc2ccccc2)C(Cl)(Cl)C1(Cl)Cl. The first-order valence-corrected chi connectivity index (χ1v) is 6.70. The minimum Gasteiger partial charge on any atom is -0.355 e. The number of hydrogen-bond acceptors (Lipinski definition) is 2. The van der Waals surface area contributed by atoms with Crippen LogP contribution in [-0.4, -0.2) is 14.4 Å². The van der Waals surface area contributed by atoms with Crippen molar-refractivity contribution in [2.75, 3.05) is 5.32 Å². The van der Waals surface area contributed by atoms with Gasteiger partial charge in [0.05, 0.1) is 5.70 Å². The van der Waals surface area contributed by atoms with E-state index < -0.39 is 14.4 Å². The number of nitrogens with one attached hydrogen (secondary N) is 1. The summed E-state index contributed by atoms with van der Waals surface area (Å²) >= 11 is 29.7. The molecule has 1 aromatic carbocycles. The van der Waals surface area contributed by atoms with Crippen LogP contribution in [0.4, 0.5) is 5.69 Å². The highest BCUT2D eigenvalue weighted by Crippen LogP contribution is 2.55. The van der Waals surface area contributed by atoms with Crippen LogP contribution in [0.5, 0.6) is 0 Å². The third kappa shape index (κ3) is 2.10. The second-order valence-corrected chi connectivity index (χ2v) is 6.69. The zero-order valence-electron chi connectivity index (χ0n) is 8.68.